The second-order valence-electron chi connectivity index (χ2n) is 5.75. The molecule has 5 nitrogen and oxygen atoms in total. The zero-order valence-corrected chi connectivity index (χ0v) is 14.5. The fourth-order valence-electron chi connectivity index (χ4n) is 2.64. The third-order valence-corrected chi connectivity index (χ3v) is 4.05. The lowest BCUT2D eigenvalue weighted by molar-refractivity contribution is 0.0601. The summed E-state index contributed by atoms with van der Waals surface area (Å²) in [6.45, 7) is 2.66. The summed E-state index contributed by atoms with van der Waals surface area (Å²) in [6.07, 6.45) is 0. The third-order valence-electron chi connectivity index (χ3n) is 4.05. The second-order valence-corrected chi connectivity index (χ2v) is 5.75. The topological polar surface area (TPSA) is 60.5 Å². The minimum Gasteiger partial charge on any atom is -0.497 e. The number of nitrogens with zero attached hydrogens (tertiary/aromatic N) is 1. The van der Waals surface area contributed by atoms with Crippen LogP contribution in [0.3, 0.4) is 0 Å². The van der Waals surface area contributed by atoms with E-state index in [1.807, 2.05) is 43.3 Å². The zero-order chi connectivity index (χ0) is 17.8. The average molecular weight is 336 g/mol. The Bertz CT molecular complexity index is 905. The largest absolute Gasteiger partial charge is 0.497 e. The standard InChI is InChI=1S/C20H20N2O3/c1-13-10-16-11-15(20(23)25-3)6-9-18(16)22-19(13)21-12-14-4-7-17(24-2)8-5-14/h4-11H,12H2,1-3H3,(H,21,22). The van der Waals surface area contributed by atoms with Crippen molar-refractivity contribution in [2.75, 3.05) is 19.5 Å². The van der Waals surface area contributed by atoms with Crippen LogP contribution in [0.15, 0.2) is 48.5 Å². The lowest BCUT2D eigenvalue weighted by Crippen LogP contribution is -2.04. The van der Waals surface area contributed by atoms with Gasteiger partial charge in [-0.3, -0.25) is 0 Å². The number of pyridine rings is 1. The summed E-state index contributed by atoms with van der Waals surface area (Å²) >= 11 is 0. The predicted molar refractivity (Wildman–Crippen MR) is 98.1 cm³/mol. The first-order chi connectivity index (χ1) is 12.1. The number of fused-ring (bicyclic) bond motifs is 1. The first-order valence-electron chi connectivity index (χ1n) is 7.97. The summed E-state index contributed by atoms with van der Waals surface area (Å²) in [6, 6.07) is 15.3. The molecule has 1 aromatic heterocycles. The van der Waals surface area contributed by atoms with E-state index >= 15 is 0 Å². The van der Waals surface area contributed by atoms with E-state index in [0.29, 0.717) is 12.1 Å². The maximum atomic E-state index is 11.7. The molecule has 0 aliphatic heterocycles. The van der Waals surface area contributed by atoms with Crippen molar-refractivity contribution in [1.82, 2.24) is 4.98 Å². The predicted octanol–water partition coefficient (Wildman–Crippen LogP) is 3.95. The monoisotopic (exact) mass is 336 g/mol. The van der Waals surface area contributed by atoms with Gasteiger partial charge in [-0.05, 0) is 54.4 Å². The van der Waals surface area contributed by atoms with Gasteiger partial charge in [-0.2, -0.15) is 0 Å². The Balaban J connectivity index is 1.81. The molecule has 1 N–H and O–H groups in total. The number of carbonyl (C=O) groups excluding carboxylic acids is 1. The van der Waals surface area contributed by atoms with Gasteiger partial charge in [0.25, 0.3) is 0 Å². The van der Waals surface area contributed by atoms with Gasteiger partial charge in [-0.15, -0.1) is 0 Å². The molecule has 0 bridgehead atoms. The van der Waals surface area contributed by atoms with Crippen LogP contribution in [-0.4, -0.2) is 25.2 Å². The van der Waals surface area contributed by atoms with Crippen LogP contribution in [0.4, 0.5) is 5.82 Å². The van der Waals surface area contributed by atoms with Crippen molar-refractivity contribution in [3.63, 3.8) is 0 Å². The quantitative estimate of drug-likeness (QED) is 0.715. The molecule has 0 aliphatic rings. The van der Waals surface area contributed by atoms with E-state index in [1.165, 1.54) is 7.11 Å². The number of rotatable bonds is 5. The van der Waals surface area contributed by atoms with Crippen molar-refractivity contribution in [2.45, 2.75) is 13.5 Å². The van der Waals surface area contributed by atoms with Crippen LogP contribution < -0.4 is 10.1 Å². The summed E-state index contributed by atoms with van der Waals surface area (Å²) in [4.78, 5) is 16.3. The smallest absolute Gasteiger partial charge is 0.337 e. The molecule has 0 atom stereocenters. The van der Waals surface area contributed by atoms with Crippen LogP contribution in [-0.2, 0) is 11.3 Å². The van der Waals surface area contributed by atoms with E-state index in [9.17, 15) is 4.79 Å². The number of ether oxygens (including phenoxy) is 2. The molecule has 25 heavy (non-hydrogen) atoms. The molecule has 0 saturated heterocycles. The first-order valence-corrected chi connectivity index (χ1v) is 7.97. The molecular formula is C20H20N2O3. The molecule has 0 aliphatic carbocycles. The highest BCUT2D eigenvalue weighted by Gasteiger charge is 2.09. The van der Waals surface area contributed by atoms with Gasteiger partial charge in [-0.1, -0.05) is 12.1 Å². The molecule has 3 aromatic rings. The molecular weight excluding hydrogens is 316 g/mol. The number of hydrogen-bond acceptors (Lipinski definition) is 5. The number of aryl methyl sites for hydroxylation is 1. The number of anilines is 1. The minimum atomic E-state index is -0.346. The fourth-order valence-corrected chi connectivity index (χ4v) is 2.64. The van der Waals surface area contributed by atoms with Crippen LogP contribution in [0.5, 0.6) is 5.75 Å². The highest BCUT2D eigenvalue weighted by atomic mass is 16.5. The molecule has 1 heterocycles. The Morgan fingerprint density at radius 3 is 2.52 bits per heavy atom. The molecule has 2 aromatic carbocycles. The number of methoxy groups -OCH3 is 2. The van der Waals surface area contributed by atoms with Gasteiger partial charge in [0.2, 0.25) is 0 Å². The molecule has 0 fully saturated rings. The van der Waals surface area contributed by atoms with Crippen LogP contribution in [0.25, 0.3) is 10.9 Å². The number of hydrogen-bond donors (Lipinski definition) is 1. The second kappa shape index (κ2) is 7.21. The van der Waals surface area contributed by atoms with Gasteiger partial charge in [0.05, 0.1) is 25.3 Å². The fraction of sp³-hybridized carbons (Fsp3) is 0.200. The Labute approximate surface area is 146 Å². The van der Waals surface area contributed by atoms with Crippen molar-refractivity contribution >= 4 is 22.7 Å². The summed E-state index contributed by atoms with van der Waals surface area (Å²) in [5.41, 5.74) is 3.51. The number of carbonyl (C=O) groups is 1. The van der Waals surface area contributed by atoms with Crippen molar-refractivity contribution in [1.29, 1.82) is 0 Å². The van der Waals surface area contributed by atoms with E-state index in [1.54, 1.807) is 19.2 Å². The van der Waals surface area contributed by atoms with Gasteiger partial charge >= 0.3 is 5.97 Å². The van der Waals surface area contributed by atoms with Crippen molar-refractivity contribution in [3.05, 3.63) is 65.2 Å². The van der Waals surface area contributed by atoms with E-state index in [-0.39, 0.29) is 5.97 Å². The van der Waals surface area contributed by atoms with Gasteiger partial charge in [-0.25, -0.2) is 9.78 Å². The average Bonchev–Trinajstić information content (AvgIpc) is 2.65. The summed E-state index contributed by atoms with van der Waals surface area (Å²) < 4.78 is 9.93. The SMILES string of the molecule is COC(=O)c1ccc2nc(NCc3ccc(OC)cc3)c(C)cc2c1. The normalized spacial score (nSPS) is 10.5. The molecule has 0 unspecified atom stereocenters. The van der Waals surface area contributed by atoms with Crippen LogP contribution >= 0.6 is 0 Å². The first kappa shape index (κ1) is 16.8. The van der Waals surface area contributed by atoms with E-state index < -0.39 is 0 Å². The third kappa shape index (κ3) is 3.71. The summed E-state index contributed by atoms with van der Waals surface area (Å²) in [5, 5.41) is 4.28. The zero-order valence-electron chi connectivity index (χ0n) is 14.5. The van der Waals surface area contributed by atoms with Crippen molar-refractivity contribution < 1.29 is 14.3 Å². The highest BCUT2D eigenvalue weighted by Crippen LogP contribution is 2.22. The van der Waals surface area contributed by atoms with Crippen LogP contribution in [0.1, 0.15) is 21.5 Å². The number of nitrogens with one attached hydrogen (secondary N) is 1. The van der Waals surface area contributed by atoms with Gasteiger partial charge < -0.3 is 14.8 Å². The Hall–Kier alpha value is -3.08. The summed E-state index contributed by atoms with van der Waals surface area (Å²) in [7, 11) is 3.03. The van der Waals surface area contributed by atoms with Gasteiger partial charge in [0, 0.05) is 11.9 Å². The van der Waals surface area contributed by atoms with Crippen molar-refractivity contribution in [2.24, 2.45) is 0 Å². The van der Waals surface area contributed by atoms with Gasteiger partial charge in [0.1, 0.15) is 11.6 Å². The van der Waals surface area contributed by atoms with E-state index in [2.05, 4.69) is 10.3 Å². The maximum absolute atomic E-state index is 11.7. The molecule has 0 spiro atoms. The lowest BCUT2D eigenvalue weighted by atomic mass is 10.1. The summed E-state index contributed by atoms with van der Waals surface area (Å²) in [5.74, 6) is 1.32. The van der Waals surface area contributed by atoms with Crippen LogP contribution in [0.2, 0.25) is 0 Å². The van der Waals surface area contributed by atoms with Crippen molar-refractivity contribution in [3.8, 4) is 5.75 Å². The number of benzene rings is 2. The van der Waals surface area contributed by atoms with Crippen LogP contribution in [0, 0.1) is 6.92 Å². The van der Waals surface area contributed by atoms with E-state index in [4.69, 9.17) is 9.47 Å². The molecule has 128 valence electrons. The number of esters is 1. The number of aromatic nitrogens is 1. The Kier molecular flexibility index (Phi) is 4.84. The Morgan fingerprint density at radius 1 is 1.08 bits per heavy atom. The lowest BCUT2D eigenvalue weighted by Gasteiger charge is -2.11. The molecule has 5 heteroatoms. The maximum Gasteiger partial charge on any atom is 0.337 e. The van der Waals surface area contributed by atoms with E-state index in [0.717, 1.165) is 33.6 Å². The minimum absolute atomic E-state index is 0.346. The Morgan fingerprint density at radius 2 is 1.84 bits per heavy atom. The molecule has 0 amide bonds. The highest BCUT2D eigenvalue weighted by molar-refractivity contribution is 5.94. The van der Waals surface area contributed by atoms with Gasteiger partial charge in [0.15, 0.2) is 0 Å². The molecule has 3 rings (SSSR count). The molecule has 0 radical (unpaired) electrons. The molecule has 0 saturated carbocycles.